The second-order valence-electron chi connectivity index (χ2n) is 2.43. The first-order chi connectivity index (χ1) is 6.73. The monoisotopic (exact) mass is 317 g/mol. The van der Waals surface area contributed by atoms with Crippen LogP contribution in [0.5, 0.6) is 0 Å². The van der Waals surface area contributed by atoms with E-state index in [0.717, 1.165) is 6.07 Å². The molecule has 0 amide bonds. The lowest BCUT2D eigenvalue weighted by Gasteiger charge is -2.01. The third-order valence-electron chi connectivity index (χ3n) is 1.44. The number of nitro groups is 1. The Balaban J connectivity index is 3.70. The van der Waals surface area contributed by atoms with Crippen LogP contribution in [0.25, 0.3) is 0 Å². The van der Waals surface area contributed by atoms with E-state index in [2.05, 4.69) is 15.9 Å². The third-order valence-corrected chi connectivity index (χ3v) is 3.38. The van der Waals surface area contributed by atoms with Gasteiger partial charge in [0.05, 0.1) is 9.40 Å². The number of hydrogen-bond acceptors (Lipinski definition) is 4. The Morgan fingerprint density at radius 1 is 1.47 bits per heavy atom. The maximum Gasteiger partial charge on any atom is 0.303 e. The molecule has 1 aromatic rings. The summed E-state index contributed by atoms with van der Waals surface area (Å²) in [6.45, 7) is 0. The molecule has 1 rings (SSSR count). The minimum atomic E-state index is -4.36. The Morgan fingerprint density at radius 2 is 2.00 bits per heavy atom. The Morgan fingerprint density at radius 3 is 2.40 bits per heavy atom. The molecular formula is C6H2BrClFNO4S. The topological polar surface area (TPSA) is 77.3 Å². The van der Waals surface area contributed by atoms with Gasteiger partial charge in [0.15, 0.2) is 4.90 Å². The highest BCUT2D eigenvalue weighted by molar-refractivity contribution is 9.10. The molecule has 82 valence electrons. The van der Waals surface area contributed by atoms with Crippen LogP contribution in [-0.4, -0.2) is 13.3 Å². The van der Waals surface area contributed by atoms with Gasteiger partial charge < -0.3 is 0 Å². The van der Waals surface area contributed by atoms with Crippen molar-refractivity contribution in [3.8, 4) is 0 Å². The van der Waals surface area contributed by atoms with Crippen molar-refractivity contribution in [3.63, 3.8) is 0 Å². The fourth-order valence-electron chi connectivity index (χ4n) is 0.905. The summed E-state index contributed by atoms with van der Waals surface area (Å²) in [6.07, 6.45) is 0. The summed E-state index contributed by atoms with van der Waals surface area (Å²) < 4.78 is 34.4. The third kappa shape index (κ3) is 2.64. The largest absolute Gasteiger partial charge is 0.303 e. The van der Waals surface area contributed by atoms with E-state index >= 15 is 0 Å². The molecule has 0 heterocycles. The lowest BCUT2D eigenvalue weighted by Crippen LogP contribution is -2.00. The predicted molar refractivity (Wildman–Crippen MR) is 53.8 cm³/mol. The zero-order chi connectivity index (χ0) is 11.8. The second-order valence-corrected chi connectivity index (χ2v) is 5.82. The van der Waals surface area contributed by atoms with Gasteiger partial charge in [-0.25, -0.2) is 12.8 Å². The number of rotatable bonds is 2. The van der Waals surface area contributed by atoms with Crippen molar-refractivity contribution in [3.05, 3.63) is 32.5 Å². The number of nitro benzene ring substituents is 1. The predicted octanol–water partition coefficient (Wildman–Crippen LogP) is 2.42. The van der Waals surface area contributed by atoms with Gasteiger partial charge in [-0.3, -0.25) is 10.1 Å². The van der Waals surface area contributed by atoms with Crippen LogP contribution in [0.3, 0.4) is 0 Å². The van der Waals surface area contributed by atoms with Crippen LogP contribution in [0.4, 0.5) is 10.1 Å². The minimum Gasteiger partial charge on any atom is -0.258 e. The molecule has 5 nitrogen and oxygen atoms in total. The van der Waals surface area contributed by atoms with Crippen LogP contribution in [0.1, 0.15) is 0 Å². The summed E-state index contributed by atoms with van der Waals surface area (Å²) in [5.41, 5.74) is -0.786. The van der Waals surface area contributed by atoms with Crippen LogP contribution >= 0.6 is 26.6 Å². The normalized spacial score (nSPS) is 11.4. The molecule has 1 aromatic carbocycles. The van der Waals surface area contributed by atoms with Crippen LogP contribution in [0.2, 0.25) is 0 Å². The highest BCUT2D eigenvalue weighted by Gasteiger charge is 2.28. The summed E-state index contributed by atoms with van der Waals surface area (Å²) in [5.74, 6) is -0.938. The van der Waals surface area contributed by atoms with E-state index in [1.54, 1.807) is 0 Å². The zero-order valence-corrected chi connectivity index (χ0v) is 9.94. The number of halogens is 3. The zero-order valence-electron chi connectivity index (χ0n) is 6.78. The van der Waals surface area contributed by atoms with Gasteiger partial charge in [-0.15, -0.1) is 0 Å². The van der Waals surface area contributed by atoms with E-state index in [1.807, 2.05) is 0 Å². The van der Waals surface area contributed by atoms with Crippen molar-refractivity contribution in [2.75, 3.05) is 0 Å². The van der Waals surface area contributed by atoms with Crippen LogP contribution < -0.4 is 0 Å². The quantitative estimate of drug-likeness (QED) is 0.476. The highest BCUT2D eigenvalue weighted by atomic mass is 79.9. The van der Waals surface area contributed by atoms with Crippen molar-refractivity contribution in [2.45, 2.75) is 4.90 Å². The summed E-state index contributed by atoms with van der Waals surface area (Å²) in [7, 11) is 0.569. The van der Waals surface area contributed by atoms with Gasteiger partial charge in [-0.1, -0.05) is 0 Å². The molecule has 0 aliphatic heterocycles. The standard InChI is InChI=1S/C6H2BrClFNO4S/c7-4-1-3(9)2-5(15(8,13)14)6(4)10(11)12/h1-2H. The number of hydrogen-bond donors (Lipinski definition) is 0. The smallest absolute Gasteiger partial charge is 0.258 e. The maximum atomic E-state index is 12.8. The van der Waals surface area contributed by atoms with Crippen molar-refractivity contribution in [2.24, 2.45) is 0 Å². The fraction of sp³-hybridized carbons (Fsp3) is 0. The van der Waals surface area contributed by atoms with Gasteiger partial charge in [0.1, 0.15) is 5.82 Å². The van der Waals surface area contributed by atoms with Gasteiger partial charge in [-0.05, 0) is 22.0 Å². The molecule has 0 radical (unpaired) electrons. The molecular weight excluding hydrogens is 316 g/mol. The summed E-state index contributed by atoms with van der Waals surface area (Å²) in [4.78, 5) is 8.70. The van der Waals surface area contributed by atoms with E-state index in [1.165, 1.54) is 0 Å². The highest BCUT2D eigenvalue weighted by Crippen LogP contribution is 2.34. The van der Waals surface area contributed by atoms with Crippen molar-refractivity contribution >= 4 is 41.4 Å². The van der Waals surface area contributed by atoms with E-state index in [4.69, 9.17) is 10.7 Å². The van der Waals surface area contributed by atoms with Crippen LogP contribution in [0, 0.1) is 15.9 Å². The molecule has 0 atom stereocenters. The molecule has 9 heteroatoms. The van der Waals surface area contributed by atoms with E-state index < -0.39 is 30.4 Å². The molecule has 0 saturated heterocycles. The lowest BCUT2D eigenvalue weighted by molar-refractivity contribution is -0.388. The first kappa shape index (κ1) is 12.3. The van der Waals surface area contributed by atoms with Gasteiger partial charge in [-0.2, -0.15) is 0 Å². The molecule has 0 N–H and O–H groups in total. The van der Waals surface area contributed by atoms with Gasteiger partial charge in [0, 0.05) is 16.7 Å². The summed E-state index contributed by atoms with van der Waals surface area (Å²) >= 11 is 2.69. The van der Waals surface area contributed by atoms with E-state index in [-0.39, 0.29) is 4.47 Å². The Labute approximate surface area is 96.5 Å². The lowest BCUT2D eigenvalue weighted by atomic mass is 10.3. The summed E-state index contributed by atoms with van der Waals surface area (Å²) in [5, 5.41) is 10.5. The second kappa shape index (κ2) is 4.03. The van der Waals surface area contributed by atoms with Gasteiger partial charge in [0.2, 0.25) is 0 Å². The van der Waals surface area contributed by atoms with Crippen molar-refractivity contribution in [1.29, 1.82) is 0 Å². The average molecular weight is 319 g/mol. The summed E-state index contributed by atoms with van der Waals surface area (Å²) in [6, 6.07) is 1.27. The molecule has 0 saturated carbocycles. The number of nitrogens with zero attached hydrogens (tertiary/aromatic N) is 1. The molecule has 0 bridgehead atoms. The van der Waals surface area contributed by atoms with E-state index in [9.17, 15) is 22.9 Å². The van der Waals surface area contributed by atoms with Crippen LogP contribution in [0.15, 0.2) is 21.5 Å². The Bertz CT molecular complexity index is 532. The SMILES string of the molecule is O=[N+]([O-])c1c(Br)cc(F)cc1S(=O)(=O)Cl. The van der Waals surface area contributed by atoms with Gasteiger partial charge >= 0.3 is 5.69 Å². The average Bonchev–Trinajstić information content (AvgIpc) is 1.99. The van der Waals surface area contributed by atoms with E-state index in [0.29, 0.717) is 6.07 Å². The first-order valence-corrected chi connectivity index (χ1v) is 6.42. The minimum absolute atomic E-state index is 0.285. The van der Waals surface area contributed by atoms with Gasteiger partial charge in [0.25, 0.3) is 9.05 Å². The first-order valence-electron chi connectivity index (χ1n) is 3.31. The molecule has 0 aliphatic rings. The molecule has 15 heavy (non-hydrogen) atoms. The molecule has 0 spiro atoms. The molecule has 0 unspecified atom stereocenters. The number of benzene rings is 1. The Kier molecular flexibility index (Phi) is 3.31. The Hall–Kier alpha value is -0.730. The molecule has 0 fully saturated rings. The molecule has 0 aliphatic carbocycles. The van der Waals surface area contributed by atoms with Crippen molar-refractivity contribution < 1.29 is 17.7 Å². The molecule has 0 aromatic heterocycles. The fourth-order valence-corrected chi connectivity index (χ4v) is 2.64. The maximum absolute atomic E-state index is 12.8. The van der Waals surface area contributed by atoms with Crippen molar-refractivity contribution in [1.82, 2.24) is 0 Å². The van der Waals surface area contributed by atoms with Crippen LogP contribution in [-0.2, 0) is 9.05 Å².